The Morgan fingerprint density at radius 3 is 2.72 bits per heavy atom. The molecule has 3 aromatic rings. The van der Waals surface area contributed by atoms with Gasteiger partial charge in [0.05, 0.1) is 12.2 Å². The number of amides is 1. The van der Waals surface area contributed by atoms with Crippen molar-refractivity contribution in [3.05, 3.63) is 46.7 Å². The summed E-state index contributed by atoms with van der Waals surface area (Å²) in [6.45, 7) is 2.00. The normalized spacial score (nSPS) is 10.4. The second-order valence-electron chi connectivity index (χ2n) is 5.00. The average Bonchev–Trinajstić information content (AvgIpc) is 3.27. The summed E-state index contributed by atoms with van der Waals surface area (Å²) in [4.78, 5) is 24.9. The second kappa shape index (κ2) is 7.67. The van der Waals surface area contributed by atoms with E-state index in [2.05, 4.69) is 20.7 Å². The number of carbonyl (C=O) groups excluding carboxylic acids is 2. The number of aromatic nitrogens is 4. The summed E-state index contributed by atoms with van der Waals surface area (Å²) < 4.78 is 4.91. The van der Waals surface area contributed by atoms with Crippen LogP contribution in [0.4, 0.5) is 5.69 Å². The minimum Gasteiger partial charge on any atom is -0.462 e. The van der Waals surface area contributed by atoms with Crippen molar-refractivity contribution in [2.24, 2.45) is 0 Å². The number of anilines is 1. The molecule has 2 aromatic heterocycles. The standard InChI is InChI=1S/C16H15N5O3S/c1-2-24-16(23)11-3-5-13(6-4-11)17-14(22)9-21-19-15(18-20-21)12-7-8-25-10-12/h3-8,10H,2,9H2,1H3,(H,17,22). The van der Waals surface area contributed by atoms with Gasteiger partial charge < -0.3 is 10.1 Å². The summed E-state index contributed by atoms with van der Waals surface area (Å²) in [5.41, 5.74) is 1.86. The van der Waals surface area contributed by atoms with Crippen LogP contribution in [0.2, 0.25) is 0 Å². The lowest BCUT2D eigenvalue weighted by atomic mass is 10.2. The van der Waals surface area contributed by atoms with Crippen LogP contribution >= 0.6 is 11.3 Å². The van der Waals surface area contributed by atoms with Gasteiger partial charge in [-0.25, -0.2) is 4.79 Å². The molecule has 0 radical (unpaired) electrons. The molecule has 0 spiro atoms. The van der Waals surface area contributed by atoms with Gasteiger partial charge in [0.15, 0.2) is 0 Å². The first kappa shape index (κ1) is 16.8. The number of thiophene rings is 1. The highest BCUT2D eigenvalue weighted by Crippen LogP contribution is 2.16. The third kappa shape index (κ3) is 4.27. The van der Waals surface area contributed by atoms with E-state index < -0.39 is 5.97 Å². The van der Waals surface area contributed by atoms with Crippen LogP contribution in [0.1, 0.15) is 17.3 Å². The molecule has 128 valence electrons. The van der Waals surface area contributed by atoms with Gasteiger partial charge >= 0.3 is 5.97 Å². The van der Waals surface area contributed by atoms with Crippen molar-refractivity contribution in [1.29, 1.82) is 0 Å². The molecule has 3 rings (SSSR count). The summed E-state index contributed by atoms with van der Waals surface area (Å²) in [6, 6.07) is 8.34. The molecule has 0 unspecified atom stereocenters. The van der Waals surface area contributed by atoms with Crippen LogP contribution in [0, 0.1) is 0 Å². The Balaban J connectivity index is 1.58. The molecule has 0 saturated heterocycles. The molecule has 0 atom stereocenters. The minimum atomic E-state index is -0.395. The number of tetrazole rings is 1. The van der Waals surface area contributed by atoms with Crippen molar-refractivity contribution in [3.8, 4) is 11.4 Å². The average molecular weight is 357 g/mol. The topological polar surface area (TPSA) is 99.0 Å². The third-order valence-corrected chi connectivity index (χ3v) is 3.88. The summed E-state index contributed by atoms with van der Waals surface area (Å²) in [5, 5.41) is 18.5. The predicted molar refractivity (Wildman–Crippen MR) is 92.2 cm³/mol. The SMILES string of the molecule is CCOC(=O)c1ccc(NC(=O)Cn2nnc(-c3ccsc3)n2)cc1. The number of nitrogens with zero attached hydrogens (tertiary/aromatic N) is 4. The molecule has 0 fully saturated rings. The molecule has 9 heteroatoms. The fraction of sp³-hybridized carbons (Fsp3) is 0.188. The molecule has 25 heavy (non-hydrogen) atoms. The zero-order valence-electron chi connectivity index (χ0n) is 13.4. The first-order valence-corrected chi connectivity index (χ1v) is 8.47. The van der Waals surface area contributed by atoms with Crippen molar-refractivity contribution in [2.75, 3.05) is 11.9 Å². The Morgan fingerprint density at radius 2 is 2.04 bits per heavy atom. The Hall–Kier alpha value is -3.07. The molecule has 0 aliphatic rings. The zero-order valence-corrected chi connectivity index (χ0v) is 14.2. The lowest BCUT2D eigenvalue weighted by Crippen LogP contribution is -2.20. The summed E-state index contributed by atoms with van der Waals surface area (Å²) >= 11 is 1.54. The van der Waals surface area contributed by atoms with E-state index in [9.17, 15) is 9.59 Å². The van der Waals surface area contributed by atoms with Gasteiger partial charge in [0.25, 0.3) is 0 Å². The van der Waals surface area contributed by atoms with Gasteiger partial charge in [-0.15, -0.1) is 10.2 Å². The smallest absolute Gasteiger partial charge is 0.338 e. The summed E-state index contributed by atoms with van der Waals surface area (Å²) in [6.07, 6.45) is 0. The van der Waals surface area contributed by atoms with Gasteiger partial charge in [-0.1, -0.05) is 0 Å². The first-order chi connectivity index (χ1) is 12.2. The first-order valence-electron chi connectivity index (χ1n) is 7.53. The molecule has 0 bridgehead atoms. The van der Waals surface area contributed by atoms with E-state index in [-0.39, 0.29) is 12.5 Å². The van der Waals surface area contributed by atoms with E-state index in [1.54, 1.807) is 31.2 Å². The summed E-state index contributed by atoms with van der Waals surface area (Å²) in [5.74, 6) is -0.209. The van der Waals surface area contributed by atoms with E-state index in [0.29, 0.717) is 23.7 Å². The number of hydrogen-bond acceptors (Lipinski definition) is 7. The Morgan fingerprint density at radius 1 is 1.24 bits per heavy atom. The van der Waals surface area contributed by atoms with Crippen LogP contribution < -0.4 is 5.32 Å². The van der Waals surface area contributed by atoms with E-state index in [4.69, 9.17) is 4.74 Å². The monoisotopic (exact) mass is 357 g/mol. The van der Waals surface area contributed by atoms with Crippen LogP contribution in [0.5, 0.6) is 0 Å². The molecule has 1 amide bonds. The van der Waals surface area contributed by atoms with Gasteiger partial charge in [0, 0.05) is 16.6 Å². The van der Waals surface area contributed by atoms with Crippen LogP contribution in [-0.4, -0.2) is 38.7 Å². The lowest BCUT2D eigenvalue weighted by molar-refractivity contribution is -0.117. The van der Waals surface area contributed by atoms with Crippen LogP contribution in [0.15, 0.2) is 41.1 Å². The molecule has 0 aliphatic carbocycles. The number of carbonyl (C=O) groups is 2. The third-order valence-electron chi connectivity index (χ3n) is 3.20. The molecule has 1 N–H and O–H groups in total. The highest BCUT2D eigenvalue weighted by molar-refractivity contribution is 7.08. The van der Waals surface area contributed by atoms with E-state index >= 15 is 0 Å². The number of hydrogen-bond donors (Lipinski definition) is 1. The Kier molecular flexibility index (Phi) is 5.14. The van der Waals surface area contributed by atoms with Crippen molar-refractivity contribution in [2.45, 2.75) is 13.5 Å². The largest absolute Gasteiger partial charge is 0.462 e. The van der Waals surface area contributed by atoms with Crippen molar-refractivity contribution >= 4 is 28.9 Å². The van der Waals surface area contributed by atoms with Gasteiger partial charge in [-0.2, -0.15) is 16.1 Å². The van der Waals surface area contributed by atoms with Crippen LogP contribution in [-0.2, 0) is 16.1 Å². The number of benzene rings is 1. The summed E-state index contributed by atoms with van der Waals surface area (Å²) in [7, 11) is 0. The second-order valence-corrected chi connectivity index (χ2v) is 5.78. The zero-order chi connectivity index (χ0) is 17.6. The highest BCUT2D eigenvalue weighted by atomic mass is 32.1. The molecular formula is C16H15N5O3S. The Labute approximate surface area is 147 Å². The van der Waals surface area contributed by atoms with E-state index in [0.717, 1.165) is 5.56 Å². The fourth-order valence-electron chi connectivity index (χ4n) is 2.05. The molecule has 0 saturated carbocycles. The maximum absolute atomic E-state index is 12.1. The van der Waals surface area contributed by atoms with Crippen molar-refractivity contribution in [1.82, 2.24) is 20.2 Å². The van der Waals surface area contributed by atoms with Crippen LogP contribution in [0.3, 0.4) is 0 Å². The molecule has 1 aromatic carbocycles. The van der Waals surface area contributed by atoms with Gasteiger partial charge in [0.1, 0.15) is 6.54 Å². The minimum absolute atomic E-state index is 0.0588. The molecule has 2 heterocycles. The van der Waals surface area contributed by atoms with Gasteiger partial charge in [-0.3, -0.25) is 4.79 Å². The highest BCUT2D eigenvalue weighted by Gasteiger charge is 2.11. The number of ether oxygens (including phenoxy) is 1. The van der Waals surface area contributed by atoms with Crippen molar-refractivity contribution in [3.63, 3.8) is 0 Å². The fourth-order valence-corrected chi connectivity index (χ4v) is 2.68. The molecule has 0 aliphatic heterocycles. The van der Waals surface area contributed by atoms with E-state index in [1.807, 2.05) is 16.8 Å². The quantitative estimate of drug-likeness (QED) is 0.679. The lowest BCUT2D eigenvalue weighted by Gasteiger charge is -2.06. The maximum atomic E-state index is 12.1. The van der Waals surface area contributed by atoms with Crippen LogP contribution in [0.25, 0.3) is 11.4 Å². The predicted octanol–water partition coefficient (Wildman–Crippen LogP) is 2.22. The van der Waals surface area contributed by atoms with E-state index in [1.165, 1.54) is 16.1 Å². The van der Waals surface area contributed by atoms with Gasteiger partial charge in [0.2, 0.25) is 11.7 Å². The van der Waals surface area contributed by atoms with Crippen molar-refractivity contribution < 1.29 is 14.3 Å². The number of rotatable bonds is 6. The Bertz CT molecular complexity index is 858. The number of esters is 1. The van der Waals surface area contributed by atoms with Gasteiger partial charge in [-0.05, 0) is 47.8 Å². The maximum Gasteiger partial charge on any atom is 0.338 e. The number of nitrogens with one attached hydrogen (secondary N) is 1. The molecular weight excluding hydrogens is 342 g/mol. The molecule has 8 nitrogen and oxygen atoms in total.